The van der Waals surface area contributed by atoms with Crippen LogP contribution >= 0.6 is 0 Å². The Morgan fingerprint density at radius 1 is 1.22 bits per heavy atom. The highest BCUT2D eigenvalue weighted by molar-refractivity contribution is 5.64. The molecular formula is C29H38N6O6. The molecule has 3 atom stereocenters. The summed E-state index contributed by atoms with van der Waals surface area (Å²) < 4.78 is 18.5. The topological polar surface area (TPSA) is 157 Å². The van der Waals surface area contributed by atoms with Crippen molar-refractivity contribution in [2.75, 3.05) is 11.9 Å². The van der Waals surface area contributed by atoms with Gasteiger partial charge in [-0.3, -0.25) is 10.1 Å². The average Bonchev–Trinajstić information content (AvgIpc) is 3.54. The molecule has 1 saturated carbocycles. The Morgan fingerprint density at radius 3 is 2.66 bits per heavy atom. The normalized spacial score (nSPS) is 17.6. The summed E-state index contributed by atoms with van der Waals surface area (Å²) in [6.45, 7) is 8.79. The molecule has 2 aromatic heterocycles. The van der Waals surface area contributed by atoms with Crippen molar-refractivity contribution in [2.45, 2.75) is 83.4 Å². The molecule has 0 spiro atoms. The predicted octanol–water partition coefficient (Wildman–Crippen LogP) is 6.04. The second kappa shape index (κ2) is 13.0. The number of anilines is 2. The summed E-state index contributed by atoms with van der Waals surface area (Å²) in [5.74, 6) is 1.67. The molecular weight excluding hydrogens is 528 g/mol. The van der Waals surface area contributed by atoms with Gasteiger partial charge in [-0.05, 0) is 78.0 Å². The highest BCUT2D eigenvalue weighted by atomic mass is 16.7. The first-order valence-corrected chi connectivity index (χ1v) is 13.8. The van der Waals surface area contributed by atoms with Crippen LogP contribution in [0.3, 0.4) is 0 Å². The fraction of sp³-hybridized carbons (Fsp3) is 0.483. The standard InChI is InChI=1S/C29H38N6O6/c1-19(30)6-5-15-39-27-17-21(13-14-31-27)32-26-18-25(33-34(26)29(2,3)4)20-7-10-24(16-20)41-28(36)40-23-11-8-22(9-12-23)35(37)38/h8-9,11-14,17-20,24H,5-7,10,15-16,30H2,1-4H3,(H,31,32)/t19?,20-,24+/m0/s1. The lowest BCUT2D eigenvalue weighted by molar-refractivity contribution is -0.384. The van der Waals surface area contributed by atoms with Gasteiger partial charge in [0.05, 0.1) is 22.8 Å². The fourth-order valence-electron chi connectivity index (χ4n) is 4.70. The van der Waals surface area contributed by atoms with Crippen LogP contribution in [0.2, 0.25) is 0 Å². The molecule has 0 amide bonds. The van der Waals surface area contributed by atoms with Crippen LogP contribution < -0.4 is 20.5 Å². The van der Waals surface area contributed by atoms with E-state index in [0.717, 1.165) is 36.5 Å². The Bertz CT molecular complexity index is 1330. The van der Waals surface area contributed by atoms with Gasteiger partial charge in [-0.1, -0.05) is 0 Å². The number of nitrogens with zero attached hydrogens (tertiary/aromatic N) is 4. The monoisotopic (exact) mass is 566 g/mol. The van der Waals surface area contributed by atoms with Crippen molar-refractivity contribution >= 4 is 23.3 Å². The largest absolute Gasteiger partial charge is 0.514 e. The molecule has 3 aromatic rings. The SMILES string of the molecule is CC(N)CCCOc1cc(Nc2cc([C@H]3CC[C@@H](OC(=O)Oc4ccc([N+](=O)[O-])cc4)C3)nn2C(C)(C)C)ccn1. The highest BCUT2D eigenvalue weighted by Crippen LogP contribution is 2.38. The van der Waals surface area contributed by atoms with E-state index < -0.39 is 11.1 Å². The quantitative estimate of drug-likeness (QED) is 0.0921. The summed E-state index contributed by atoms with van der Waals surface area (Å²) >= 11 is 0. The molecule has 220 valence electrons. The van der Waals surface area contributed by atoms with E-state index in [-0.39, 0.29) is 35.0 Å². The summed E-state index contributed by atoms with van der Waals surface area (Å²) in [5, 5.41) is 19.2. The van der Waals surface area contributed by atoms with Crippen molar-refractivity contribution in [1.82, 2.24) is 14.8 Å². The Hall–Kier alpha value is -4.19. The zero-order valence-electron chi connectivity index (χ0n) is 23.9. The van der Waals surface area contributed by atoms with Gasteiger partial charge in [0.1, 0.15) is 17.7 Å². The number of carbonyl (C=O) groups excluding carboxylic acids is 1. The van der Waals surface area contributed by atoms with Crippen LogP contribution in [-0.4, -0.2) is 44.6 Å². The van der Waals surface area contributed by atoms with Crippen LogP contribution in [0.25, 0.3) is 0 Å². The van der Waals surface area contributed by atoms with E-state index in [1.807, 2.05) is 29.8 Å². The lowest BCUT2D eigenvalue weighted by Crippen LogP contribution is -2.24. The Labute approximate surface area is 239 Å². The molecule has 1 fully saturated rings. The number of rotatable bonds is 11. The van der Waals surface area contributed by atoms with E-state index in [9.17, 15) is 14.9 Å². The maximum Gasteiger partial charge on any atom is 0.514 e. The number of aromatic nitrogens is 3. The zero-order chi connectivity index (χ0) is 29.6. The molecule has 1 aliphatic rings. The fourth-order valence-corrected chi connectivity index (χ4v) is 4.70. The summed E-state index contributed by atoms with van der Waals surface area (Å²) in [5.41, 5.74) is 7.20. The van der Waals surface area contributed by atoms with Crippen molar-refractivity contribution in [2.24, 2.45) is 5.73 Å². The number of nitro benzene ring substituents is 1. The molecule has 1 aliphatic carbocycles. The van der Waals surface area contributed by atoms with Crippen molar-refractivity contribution < 1.29 is 23.9 Å². The first kappa shape index (κ1) is 29.8. The molecule has 0 aliphatic heterocycles. The van der Waals surface area contributed by atoms with Crippen LogP contribution in [0.4, 0.5) is 22.0 Å². The van der Waals surface area contributed by atoms with E-state index in [1.165, 1.54) is 24.3 Å². The van der Waals surface area contributed by atoms with Crippen LogP contribution in [0.1, 0.15) is 71.4 Å². The second-order valence-corrected chi connectivity index (χ2v) is 11.4. The minimum Gasteiger partial charge on any atom is -0.478 e. The minimum absolute atomic E-state index is 0.0846. The zero-order valence-corrected chi connectivity index (χ0v) is 23.9. The van der Waals surface area contributed by atoms with Gasteiger partial charge >= 0.3 is 6.16 Å². The number of non-ortho nitro benzene ring substituents is 1. The average molecular weight is 567 g/mol. The molecule has 1 aromatic carbocycles. The predicted molar refractivity (Wildman–Crippen MR) is 154 cm³/mol. The van der Waals surface area contributed by atoms with E-state index in [1.54, 1.807) is 6.20 Å². The van der Waals surface area contributed by atoms with Gasteiger partial charge in [0.2, 0.25) is 5.88 Å². The van der Waals surface area contributed by atoms with Gasteiger partial charge in [0, 0.05) is 48.1 Å². The molecule has 0 bridgehead atoms. The van der Waals surface area contributed by atoms with Crippen LogP contribution in [-0.2, 0) is 10.3 Å². The van der Waals surface area contributed by atoms with Crippen molar-refractivity contribution in [1.29, 1.82) is 0 Å². The molecule has 0 saturated heterocycles. The first-order chi connectivity index (χ1) is 19.5. The number of nitro groups is 1. The summed E-state index contributed by atoms with van der Waals surface area (Å²) in [7, 11) is 0. The minimum atomic E-state index is -0.833. The van der Waals surface area contributed by atoms with Gasteiger partial charge in [0.25, 0.3) is 5.69 Å². The maximum absolute atomic E-state index is 12.3. The third-order valence-electron chi connectivity index (χ3n) is 6.74. The number of hydrogen-bond acceptors (Lipinski definition) is 10. The van der Waals surface area contributed by atoms with Crippen LogP contribution in [0.5, 0.6) is 11.6 Å². The third-order valence-corrected chi connectivity index (χ3v) is 6.74. The number of hydrogen-bond donors (Lipinski definition) is 2. The van der Waals surface area contributed by atoms with Crippen LogP contribution in [0.15, 0.2) is 48.7 Å². The lowest BCUT2D eigenvalue weighted by atomic mass is 10.0. The third kappa shape index (κ3) is 8.40. The summed E-state index contributed by atoms with van der Waals surface area (Å²) in [6, 6.07) is 11.2. The number of nitrogens with one attached hydrogen (secondary N) is 1. The van der Waals surface area contributed by atoms with Gasteiger partial charge < -0.3 is 25.3 Å². The Morgan fingerprint density at radius 2 is 1.98 bits per heavy atom. The molecule has 41 heavy (non-hydrogen) atoms. The van der Waals surface area contributed by atoms with E-state index in [4.69, 9.17) is 25.0 Å². The molecule has 1 unspecified atom stereocenters. The second-order valence-electron chi connectivity index (χ2n) is 11.4. The molecule has 3 N–H and O–H groups in total. The molecule has 4 rings (SSSR count). The number of carbonyl (C=O) groups is 1. The van der Waals surface area contributed by atoms with Gasteiger partial charge in [0.15, 0.2) is 0 Å². The molecule has 12 nitrogen and oxygen atoms in total. The lowest BCUT2D eigenvalue weighted by Gasteiger charge is -2.23. The van der Waals surface area contributed by atoms with E-state index in [0.29, 0.717) is 25.3 Å². The van der Waals surface area contributed by atoms with Gasteiger partial charge in [-0.25, -0.2) is 14.5 Å². The first-order valence-electron chi connectivity index (χ1n) is 13.8. The van der Waals surface area contributed by atoms with Gasteiger partial charge in [-0.15, -0.1) is 0 Å². The number of nitrogens with two attached hydrogens (primary N) is 1. The molecule has 0 radical (unpaired) electrons. The van der Waals surface area contributed by atoms with E-state index >= 15 is 0 Å². The maximum atomic E-state index is 12.3. The summed E-state index contributed by atoms with van der Waals surface area (Å²) in [6.07, 6.45) is 4.41. The number of ether oxygens (including phenoxy) is 3. The number of pyridine rings is 1. The van der Waals surface area contributed by atoms with Crippen molar-refractivity contribution in [3.63, 3.8) is 0 Å². The summed E-state index contributed by atoms with van der Waals surface area (Å²) in [4.78, 5) is 26.9. The Kier molecular flexibility index (Phi) is 9.43. The highest BCUT2D eigenvalue weighted by Gasteiger charge is 2.32. The Balaban J connectivity index is 1.37. The number of benzene rings is 1. The van der Waals surface area contributed by atoms with Crippen molar-refractivity contribution in [3.05, 3.63) is 64.5 Å². The smallest absolute Gasteiger partial charge is 0.478 e. The van der Waals surface area contributed by atoms with E-state index in [2.05, 4.69) is 31.1 Å². The van der Waals surface area contributed by atoms with Gasteiger partial charge in [-0.2, -0.15) is 5.10 Å². The molecule has 12 heteroatoms. The van der Waals surface area contributed by atoms with Crippen LogP contribution in [0, 0.1) is 10.1 Å². The molecule has 2 heterocycles. The van der Waals surface area contributed by atoms with Crippen molar-refractivity contribution in [3.8, 4) is 11.6 Å².